The minimum atomic E-state index is -4.42. The number of rotatable bonds is 9. The maximum absolute atomic E-state index is 13.3. The van der Waals surface area contributed by atoms with Gasteiger partial charge in [0.25, 0.3) is 0 Å². The number of ether oxygens (including phenoxy) is 1. The molecule has 1 heterocycles. The molecule has 0 aromatic heterocycles. The first-order valence-electron chi connectivity index (χ1n) is 12.9. The third-order valence-electron chi connectivity index (χ3n) is 7.75. The van der Waals surface area contributed by atoms with Gasteiger partial charge in [-0.3, -0.25) is 9.69 Å². The van der Waals surface area contributed by atoms with Crippen LogP contribution in [-0.2, 0) is 16.4 Å². The number of carbonyl (C=O) groups is 1. The molecule has 1 aliphatic rings. The molecule has 202 valence electrons. The SMILES string of the molecule is Cc1cc(O[C@@H]2CCN(C(C)(C)CCC(C(N)=O)(c3ccccc3)c3ccccc3)C2)cc(C(F)(F)F)c1. The summed E-state index contributed by atoms with van der Waals surface area (Å²) in [5.74, 6) is -0.156. The lowest BCUT2D eigenvalue weighted by Crippen LogP contribution is -2.47. The molecule has 2 N–H and O–H groups in total. The number of amides is 1. The molecule has 1 atom stereocenters. The average molecular weight is 525 g/mol. The molecule has 0 bridgehead atoms. The molecule has 38 heavy (non-hydrogen) atoms. The zero-order valence-corrected chi connectivity index (χ0v) is 22.1. The molecule has 1 fully saturated rings. The van der Waals surface area contributed by atoms with Crippen LogP contribution >= 0.6 is 0 Å². The van der Waals surface area contributed by atoms with Crippen LogP contribution in [0.5, 0.6) is 5.75 Å². The summed E-state index contributed by atoms with van der Waals surface area (Å²) in [6.07, 6.45) is -2.75. The van der Waals surface area contributed by atoms with Crippen molar-refractivity contribution in [3.63, 3.8) is 0 Å². The van der Waals surface area contributed by atoms with Gasteiger partial charge >= 0.3 is 6.18 Å². The zero-order chi connectivity index (χ0) is 27.6. The van der Waals surface area contributed by atoms with Crippen molar-refractivity contribution in [3.8, 4) is 5.75 Å². The number of benzene rings is 3. The zero-order valence-electron chi connectivity index (χ0n) is 22.1. The van der Waals surface area contributed by atoms with Gasteiger partial charge in [0.15, 0.2) is 0 Å². The summed E-state index contributed by atoms with van der Waals surface area (Å²) in [6, 6.07) is 23.1. The van der Waals surface area contributed by atoms with Crippen LogP contribution in [0.1, 0.15) is 55.4 Å². The fraction of sp³-hybridized carbons (Fsp3) is 0.387. The Hall–Kier alpha value is -3.32. The second-order valence-electron chi connectivity index (χ2n) is 10.8. The number of alkyl halides is 3. The number of halogens is 3. The Bertz CT molecular complexity index is 1200. The highest BCUT2D eigenvalue weighted by Crippen LogP contribution is 2.40. The number of likely N-dealkylation sites (tertiary alicyclic amines) is 1. The molecule has 0 saturated carbocycles. The van der Waals surface area contributed by atoms with E-state index in [1.54, 1.807) is 13.0 Å². The minimum absolute atomic E-state index is 0.221. The topological polar surface area (TPSA) is 55.6 Å². The van der Waals surface area contributed by atoms with Crippen LogP contribution in [0.2, 0.25) is 0 Å². The van der Waals surface area contributed by atoms with Crippen molar-refractivity contribution in [3.05, 3.63) is 101 Å². The van der Waals surface area contributed by atoms with E-state index in [-0.39, 0.29) is 17.4 Å². The normalized spacial score (nSPS) is 16.9. The fourth-order valence-corrected chi connectivity index (χ4v) is 5.51. The number of aryl methyl sites for hydroxylation is 1. The van der Waals surface area contributed by atoms with Crippen molar-refractivity contribution in [2.45, 2.75) is 63.3 Å². The Labute approximate surface area is 222 Å². The molecular weight excluding hydrogens is 489 g/mol. The molecule has 0 unspecified atom stereocenters. The van der Waals surface area contributed by atoms with Crippen LogP contribution < -0.4 is 10.5 Å². The molecule has 0 radical (unpaired) electrons. The van der Waals surface area contributed by atoms with Crippen LogP contribution in [0.25, 0.3) is 0 Å². The van der Waals surface area contributed by atoms with Gasteiger partial charge in [0.2, 0.25) is 5.91 Å². The van der Waals surface area contributed by atoms with Crippen LogP contribution in [0, 0.1) is 6.92 Å². The maximum Gasteiger partial charge on any atom is 0.416 e. The van der Waals surface area contributed by atoms with E-state index < -0.39 is 23.1 Å². The van der Waals surface area contributed by atoms with Crippen molar-refractivity contribution < 1.29 is 22.7 Å². The van der Waals surface area contributed by atoms with Crippen molar-refractivity contribution in [1.29, 1.82) is 0 Å². The summed E-state index contributed by atoms with van der Waals surface area (Å²) in [7, 11) is 0. The largest absolute Gasteiger partial charge is 0.489 e. The summed E-state index contributed by atoms with van der Waals surface area (Å²) >= 11 is 0. The van der Waals surface area contributed by atoms with Crippen molar-refractivity contribution in [2.24, 2.45) is 5.73 Å². The summed E-state index contributed by atoms with van der Waals surface area (Å²) < 4.78 is 45.8. The molecule has 1 amide bonds. The Balaban J connectivity index is 1.51. The highest BCUT2D eigenvalue weighted by Gasteiger charge is 2.43. The average Bonchev–Trinajstić information content (AvgIpc) is 3.34. The van der Waals surface area contributed by atoms with Crippen LogP contribution in [0.3, 0.4) is 0 Å². The first kappa shape index (κ1) is 27.7. The minimum Gasteiger partial charge on any atom is -0.489 e. The third kappa shape index (κ3) is 5.88. The Kier molecular flexibility index (Phi) is 7.88. The van der Waals surface area contributed by atoms with Gasteiger partial charge in [-0.05, 0) is 74.9 Å². The van der Waals surface area contributed by atoms with Crippen molar-refractivity contribution in [2.75, 3.05) is 13.1 Å². The van der Waals surface area contributed by atoms with Gasteiger partial charge in [-0.15, -0.1) is 0 Å². The fourth-order valence-electron chi connectivity index (χ4n) is 5.51. The molecule has 0 spiro atoms. The van der Waals surface area contributed by atoms with Crippen molar-refractivity contribution >= 4 is 5.91 Å². The summed E-state index contributed by atoms with van der Waals surface area (Å²) in [5.41, 5.74) is 6.37. The number of hydrogen-bond donors (Lipinski definition) is 1. The van der Waals surface area contributed by atoms with Gasteiger partial charge in [0.1, 0.15) is 11.9 Å². The highest BCUT2D eigenvalue weighted by molar-refractivity contribution is 5.90. The molecule has 7 heteroatoms. The summed E-state index contributed by atoms with van der Waals surface area (Å²) in [5, 5.41) is 0. The first-order valence-corrected chi connectivity index (χ1v) is 12.9. The van der Waals surface area contributed by atoms with E-state index in [1.165, 1.54) is 0 Å². The molecule has 3 aromatic carbocycles. The molecule has 3 aromatic rings. The quantitative estimate of drug-likeness (QED) is 0.348. The van der Waals surface area contributed by atoms with Gasteiger partial charge < -0.3 is 10.5 Å². The second-order valence-corrected chi connectivity index (χ2v) is 10.8. The van der Waals surface area contributed by atoms with E-state index in [0.29, 0.717) is 31.4 Å². The van der Waals surface area contributed by atoms with Gasteiger partial charge in [-0.1, -0.05) is 60.7 Å². The molecule has 1 saturated heterocycles. The van der Waals surface area contributed by atoms with E-state index in [1.807, 2.05) is 60.7 Å². The summed E-state index contributed by atoms with van der Waals surface area (Å²) in [4.78, 5) is 15.4. The Morgan fingerprint density at radius 1 is 0.921 bits per heavy atom. The maximum atomic E-state index is 13.3. The Morgan fingerprint density at radius 3 is 2.03 bits per heavy atom. The van der Waals surface area contributed by atoms with Gasteiger partial charge in [-0.2, -0.15) is 13.2 Å². The highest BCUT2D eigenvalue weighted by atomic mass is 19.4. The monoisotopic (exact) mass is 524 g/mol. The molecule has 4 nitrogen and oxygen atoms in total. The van der Waals surface area contributed by atoms with E-state index in [9.17, 15) is 18.0 Å². The number of primary amides is 1. The molecule has 1 aliphatic heterocycles. The second kappa shape index (κ2) is 10.8. The Morgan fingerprint density at radius 2 is 1.50 bits per heavy atom. The van der Waals surface area contributed by atoms with E-state index in [2.05, 4.69) is 18.7 Å². The lowest BCUT2D eigenvalue weighted by atomic mass is 9.69. The lowest BCUT2D eigenvalue weighted by molar-refractivity contribution is -0.137. The predicted octanol–water partition coefficient (Wildman–Crippen LogP) is 6.50. The van der Waals surface area contributed by atoms with Gasteiger partial charge in [-0.25, -0.2) is 0 Å². The molecule has 4 rings (SSSR count). The smallest absolute Gasteiger partial charge is 0.416 e. The molecular formula is C31H35F3N2O2. The van der Waals surface area contributed by atoms with Gasteiger partial charge in [0, 0.05) is 18.6 Å². The number of carbonyl (C=O) groups excluding carboxylic acids is 1. The predicted molar refractivity (Wildman–Crippen MR) is 143 cm³/mol. The number of nitrogens with two attached hydrogens (primary N) is 1. The number of nitrogens with zero attached hydrogens (tertiary/aromatic N) is 1. The van der Waals surface area contributed by atoms with Crippen LogP contribution in [0.4, 0.5) is 13.2 Å². The lowest BCUT2D eigenvalue weighted by Gasteiger charge is -2.40. The van der Waals surface area contributed by atoms with Crippen LogP contribution in [-0.4, -0.2) is 35.5 Å². The third-order valence-corrected chi connectivity index (χ3v) is 7.75. The van der Waals surface area contributed by atoms with Crippen LogP contribution in [0.15, 0.2) is 78.9 Å². The number of hydrogen-bond acceptors (Lipinski definition) is 3. The van der Waals surface area contributed by atoms with Gasteiger partial charge in [0.05, 0.1) is 11.0 Å². The standard InChI is InChI=1S/C31H35F3N2O2/c1-22-18-25(31(32,33)34)20-27(19-22)38-26-14-17-36(21-26)29(2,3)15-16-30(28(35)37,23-10-6-4-7-11-23)24-12-8-5-9-13-24/h4-13,18-20,26H,14-17,21H2,1-3H3,(H2,35,37)/t26-/m1/s1. The summed E-state index contributed by atoms with van der Waals surface area (Å²) in [6.45, 7) is 7.23. The first-order chi connectivity index (χ1) is 17.9. The molecule has 0 aliphatic carbocycles. The van der Waals surface area contributed by atoms with Crippen molar-refractivity contribution in [1.82, 2.24) is 4.90 Å². The van der Waals surface area contributed by atoms with E-state index in [0.717, 1.165) is 29.8 Å². The van der Waals surface area contributed by atoms with E-state index >= 15 is 0 Å². The van der Waals surface area contributed by atoms with E-state index in [4.69, 9.17) is 10.5 Å².